The van der Waals surface area contributed by atoms with Crippen LogP contribution in [0, 0.1) is 18.6 Å². The predicted molar refractivity (Wildman–Crippen MR) is 121 cm³/mol. The molecule has 0 amide bonds. The standard InChI is InChI=1S/C26H21ClF2O3/c1-15-9-17(11-18(10-15)26(30)31)21-3-2-4-22(21)23-12-19(27)6-8-25(23)32-14-16-5-7-20(28)13-24(16)29/h5-13H,2-4,14H2,1H3,(H,30,31). The Kier molecular flexibility index (Phi) is 6.28. The maximum atomic E-state index is 14.0. The average molecular weight is 455 g/mol. The highest BCUT2D eigenvalue weighted by Gasteiger charge is 2.22. The lowest BCUT2D eigenvalue weighted by molar-refractivity contribution is 0.0696. The first-order valence-corrected chi connectivity index (χ1v) is 10.6. The number of hydrogen-bond acceptors (Lipinski definition) is 2. The third kappa shape index (κ3) is 4.68. The van der Waals surface area contributed by atoms with Gasteiger partial charge in [-0.25, -0.2) is 13.6 Å². The van der Waals surface area contributed by atoms with Gasteiger partial charge < -0.3 is 9.84 Å². The molecule has 0 aromatic heterocycles. The van der Waals surface area contributed by atoms with Gasteiger partial charge >= 0.3 is 5.97 Å². The van der Waals surface area contributed by atoms with Crippen LogP contribution in [0.5, 0.6) is 5.75 Å². The maximum Gasteiger partial charge on any atom is 0.335 e. The molecule has 1 N–H and O–H groups in total. The van der Waals surface area contributed by atoms with Crippen molar-refractivity contribution >= 4 is 28.7 Å². The summed E-state index contributed by atoms with van der Waals surface area (Å²) in [5, 5.41) is 9.99. The second-order valence-corrected chi connectivity index (χ2v) is 8.30. The Bertz CT molecular complexity index is 1230. The Morgan fingerprint density at radius 1 is 1.03 bits per heavy atom. The summed E-state index contributed by atoms with van der Waals surface area (Å²) in [5.74, 6) is -1.73. The lowest BCUT2D eigenvalue weighted by Crippen LogP contribution is -2.02. The highest BCUT2D eigenvalue weighted by molar-refractivity contribution is 6.30. The topological polar surface area (TPSA) is 46.5 Å². The molecule has 0 saturated heterocycles. The molecule has 3 nitrogen and oxygen atoms in total. The predicted octanol–water partition coefficient (Wildman–Crippen LogP) is 7.30. The van der Waals surface area contributed by atoms with E-state index in [2.05, 4.69) is 0 Å². The number of aryl methyl sites for hydroxylation is 1. The SMILES string of the molecule is Cc1cc(C(=O)O)cc(C2=C(c3cc(Cl)ccc3OCc3ccc(F)cc3F)CCC2)c1. The van der Waals surface area contributed by atoms with Crippen molar-refractivity contribution < 1.29 is 23.4 Å². The van der Waals surface area contributed by atoms with Crippen molar-refractivity contribution in [3.63, 3.8) is 0 Å². The first kappa shape index (κ1) is 22.0. The number of carboxylic acids is 1. The van der Waals surface area contributed by atoms with Gasteiger partial charge in [0.15, 0.2) is 0 Å². The van der Waals surface area contributed by atoms with Crippen molar-refractivity contribution in [2.24, 2.45) is 0 Å². The van der Waals surface area contributed by atoms with Crippen molar-refractivity contribution in [2.75, 3.05) is 0 Å². The van der Waals surface area contributed by atoms with E-state index in [1.807, 2.05) is 19.1 Å². The lowest BCUT2D eigenvalue weighted by atomic mass is 9.94. The molecular formula is C26H21ClF2O3. The van der Waals surface area contributed by atoms with Crippen LogP contribution in [-0.4, -0.2) is 11.1 Å². The van der Waals surface area contributed by atoms with Crippen molar-refractivity contribution in [1.29, 1.82) is 0 Å². The minimum absolute atomic E-state index is 0.0586. The summed E-state index contributed by atoms with van der Waals surface area (Å²) in [7, 11) is 0. The van der Waals surface area contributed by atoms with Crippen LogP contribution in [0.4, 0.5) is 8.78 Å². The Hall–Kier alpha value is -3.18. The Balaban J connectivity index is 1.74. The van der Waals surface area contributed by atoms with Crippen molar-refractivity contribution in [2.45, 2.75) is 32.8 Å². The number of rotatable bonds is 6. The number of carboxylic acid groups (broad SMARTS) is 1. The van der Waals surface area contributed by atoms with Crippen LogP contribution >= 0.6 is 11.6 Å². The maximum absolute atomic E-state index is 14.0. The minimum atomic E-state index is -0.969. The molecule has 4 rings (SSSR count). The zero-order valence-corrected chi connectivity index (χ0v) is 18.2. The summed E-state index contributed by atoms with van der Waals surface area (Å²) < 4.78 is 33.2. The van der Waals surface area contributed by atoms with Gasteiger partial charge in [-0.2, -0.15) is 0 Å². The number of ether oxygens (including phenoxy) is 1. The van der Waals surface area contributed by atoms with Crippen LogP contribution in [0.1, 0.15) is 51.9 Å². The van der Waals surface area contributed by atoms with Gasteiger partial charge in [-0.05, 0) is 90.9 Å². The molecule has 0 saturated carbocycles. The first-order chi connectivity index (χ1) is 15.3. The van der Waals surface area contributed by atoms with E-state index in [9.17, 15) is 18.7 Å². The molecular weight excluding hydrogens is 434 g/mol. The molecule has 0 atom stereocenters. The average Bonchev–Trinajstić information content (AvgIpc) is 3.23. The fourth-order valence-electron chi connectivity index (χ4n) is 4.10. The largest absolute Gasteiger partial charge is 0.488 e. The molecule has 0 fully saturated rings. The molecule has 6 heteroatoms. The number of benzene rings is 3. The Labute approximate surface area is 189 Å². The van der Waals surface area contributed by atoms with Gasteiger partial charge in [0, 0.05) is 22.2 Å². The van der Waals surface area contributed by atoms with Crippen LogP contribution < -0.4 is 4.74 Å². The molecule has 3 aromatic rings. The van der Waals surface area contributed by atoms with E-state index < -0.39 is 17.6 Å². The summed E-state index contributed by atoms with van der Waals surface area (Å²) in [6.45, 7) is 1.81. The fraction of sp³-hybridized carbons (Fsp3) is 0.192. The first-order valence-electron chi connectivity index (χ1n) is 10.3. The van der Waals surface area contributed by atoms with E-state index >= 15 is 0 Å². The summed E-state index contributed by atoms with van der Waals surface area (Å²) in [6.07, 6.45) is 2.50. The second-order valence-electron chi connectivity index (χ2n) is 7.87. The Morgan fingerprint density at radius 2 is 1.81 bits per heavy atom. The van der Waals surface area contributed by atoms with Crippen LogP contribution in [-0.2, 0) is 6.61 Å². The number of hydrogen-bond donors (Lipinski definition) is 1. The van der Waals surface area contributed by atoms with Crippen molar-refractivity contribution in [1.82, 2.24) is 0 Å². The Morgan fingerprint density at radius 3 is 2.56 bits per heavy atom. The molecule has 1 aliphatic rings. The highest BCUT2D eigenvalue weighted by atomic mass is 35.5. The quantitative estimate of drug-likeness (QED) is 0.425. The summed E-state index contributed by atoms with van der Waals surface area (Å²) in [4.78, 5) is 11.5. The van der Waals surface area contributed by atoms with Crippen molar-refractivity contribution in [3.05, 3.63) is 99.1 Å². The lowest BCUT2D eigenvalue weighted by Gasteiger charge is -2.16. The van der Waals surface area contributed by atoms with E-state index in [1.165, 1.54) is 12.1 Å². The highest BCUT2D eigenvalue weighted by Crippen LogP contribution is 2.44. The van der Waals surface area contributed by atoms with E-state index in [-0.39, 0.29) is 17.7 Å². The van der Waals surface area contributed by atoms with Crippen LogP contribution in [0.2, 0.25) is 5.02 Å². The van der Waals surface area contributed by atoms with E-state index in [0.29, 0.717) is 10.8 Å². The molecule has 32 heavy (non-hydrogen) atoms. The van der Waals surface area contributed by atoms with Crippen LogP contribution in [0.3, 0.4) is 0 Å². The monoisotopic (exact) mass is 454 g/mol. The second kappa shape index (κ2) is 9.13. The summed E-state index contributed by atoms with van der Waals surface area (Å²) >= 11 is 6.28. The number of halogens is 3. The number of aromatic carboxylic acids is 1. The summed E-state index contributed by atoms with van der Waals surface area (Å²) in [5.41, 5.74) is 5.11. The van der Waals surface area contributed by atoms with Gasteiger partial charge in [-0.1, -0.05) is 17.7 Å². The van der Waals surface area contributed by atoms with Gasteiger partial charge in [0.1, 0.15) is 24.0 Å². The van der Waals surface area contributed by atoms with Crippen molar-refractivity contribution in [3.8, 4) is 5.75 Å². The van der Waals surface area contributed by atoms with Gasteiger partial charge in [-0.3, -0.25) is 0 Å². The third-order valence-corrected chi connectivity index (χ3v) is 5.79. The molecule has 1 aliphatic carbocycles. The normalized spacial score (nSPS) is 13.5. The van der Waals surface area contributed by atoms with Gasteiger partial charge in [0.2, 0.25) is 0 Å². The zero-order valence-electron chi connectivity index (χ0n) is 17.4. The van der Waals surface area contributed by atoms with Gasteiger partial charge in [0.05, 0.1) is 5.56 Å². The number of carbonyl (C=O) groups is 1. The fourth-order valence-corrected chi connectivity index (χ4v) is 4.27. The van der Waals surface area contributed by atoms with E-state index in [1.54, 1.807) is 24.3 Å². The van der Waals surface area contributed by atoms with Crippen LogP contribution in [0.25, 0.3) is 11.1 Å². The van der Waals surface area contributed by atoms with Gasteiger partial charge in [-0.15, -0.1) is 0 Å². The molecule has 0 unspecified atom stereocenters. The van der Waals surface area contributed by atoms with Crippen LogP contribution in [0.15, 0.2) is 54.6 Å². The molecule has 0 spiro atoms. The molecule has 3 aromatic carbocycles. The van der Waals surface area contributed by atoms with E-state index in [4.69, 9.17) is 16.3 Å². The molecule has 0 bridgehead atoms. The zero-order chi connectivity index (χ0) is 22.8. The number of allylic oxidation sites excluding steroid dienone is 2. The third-order valence-electron chi connectivity index (χ3n) is 5.56. The molecule has 164 valence electrons. The summed E-state index contributed by atoms with van der Waals surface area (Å²) in [6, 6.07) is 13.9. The molecule has 0 heterocycles. The molecule has 0 radical (unpaired) electrons. The van der Waals surface area contributed by atoms with E-state index in [0.717, 1.165) is 53.2 Å². The van der Waals surface area contributed by atoms with Gasteiger partial charge in [0.25, 0.3) is 0 Å². The molecule has 0 aliphatic heterocycles. The smallest absolute Gasteiger partial charge is 0.335 e. The minimum Gasteiger partial charge on any atom is -0.488 e.